The van der Waals surface area contributed by atoms with E-state index in [1.165, 1.54) is 21.8 Å². The maximum absolute atomic E-state index is 11.7. The number of ketones is 1. The molecule has 0 aliphatic carbocycles. The van der Waals surface area contributed by atoms with Crippen LogP contribution >= 0.6 is 0 Å². The first-order chi connectivity index (χ1) is 8.29. The Kier molecular flexibility index (Phi) is 4.41. The zero-order chi connectivity index (χ0) is 12.1. The Balaban J connectivity index is 2.23. The van der Waals surface area contributed by atoms with Crippen molar-refractivity contribution in [3.63, 3.8) is 0 Å². The van der Waals surface area contributed by atoms with Crippen LogP contribution in [0.3, 0.4) is 0 Å². The Hall–Kier alpha value is -1.05. The molecule has 0 aromatic heterocycles. The summed E-state index contributed by atoms with van der Waals surface area (Å²) in [6.45, 7) is 0. The van der Waals surface area contributed by atoms with Gasteiger partial charge in [-0.2, -0.15) is 0 Å². The summed E-state index contributed by atoms with van der Waals surface area (Å²) in [5.74, 6) is 1.14. The van der Waals surface area contributed by atoms with Crippen molar-refractivity contribution in [1.82, 2.24) is 0 Å². The van der Waals surface area contributed by atoms with Gasteiger partial charge in [0.1, 0.15) is 0 Å². The van der Waals surface area contributed by atoms with Crippen LogP contribution < -0.4 is 4.74 Å². The summed E-state index contributed by atoms with van der Waals surface area (Å²) >= 11 is 0.421. The van der Waals surface area contributed by atoms with Gasteiger partial charge in [0.25, 0.3) is 0 Å². The SMILES string of the molecule is COc1ccc(/C2=C/C(=O)CCCC[Se]2)cc1. The molecule has 0 saturated heterocycles. The van der Waals surface area contributed by atoms with E-state index in [1.807, 2.05) is 30.3 Å². The molecule has 2 rings (SSSR count). The molecule has 0 amide bonds. The molecule has 0 unspecified atom stereocenters. The van der Waals surface area contributed by atoms with E-state index in [0.29, 0.717) is 21.4 Å². The minimum atomic E-state index is 0.275. The molecule has 1 aromatic rings. The fourth-order valence-corrected chi connectivity index (χ4v) is 4.04. The second kappa shape index (κ2) is 6.04. The molecule has 0 saturated carbocycles. The third kappa shape index (κ3) is 3.45. The average molecular weight is 295 g/mol. The molecule has 0 spiro atoms. The molecule has 0 atom stereocenters. The number of carbonyl (C=O) groups is 1. The van der Waals surface area contributed by atoms with Gasteiger partial charge in [-0.1, -0.05) is 0 Å². The number of hydrogen-bond donors (Lipinski definition) is 0. The van der Waals surface area contributed by atoms with Crippen LogP contribution in [0.15, 0.2) is 30.3 Å². The third-order valence-electron chi connectivity index (χ3n) is 2.74. The number of rotatable bonds is 2. The number of benzene rings is 1. The molecule has 2 nitrogen and oxygen atoms in total. The van der Waals surface area contributed by atoms with Crippen molar-refractivity contribution in [2.45, 2.75) is 24.6 Å². The third-order valence-corrected chi connectivity index (χ3v) is 5.17. The molecule has 90 valence electrons. The predicted molar refractivity (Wildman–Crippen MR) is 70.4 cm³/mol. The Morgan fingerprint density at radius 3 is 2.65 bits per heavy atom. The summed E-state index contributed by atoms with van der Waals surface area (Å²) < 4.78 is 6.37. The van der Waals surface area contributed by atoms with Crippen LogP contribution in [0, 0.1) is 0 Å². The van der Waals surface area contributed by atoms with Gasteiger partial charge in [0, 0.05) is 0 Å². The summed E-state index contributed by atoms with van der Waals surface area (Å²) in [5, 5.41) is 1.23. The zero-order valence-corrected chi connectivity index (χ0v) is 11.7. The normalized spacial score (nSPS) is 20.1. The standard InChI is InChI=1S/C14H16O2Se/c1-16-13-7-5-11(6-8-13)14-10-12(15)4-2-3-9-17-14/h5-8,10H,2-4,9H2,1H3/b14-10-. The van der Waals surface area contributed by atoms with Crippen molar-refractivity contribution in [2.75, 3.05) is 7.11 Å². The van der Waals surface area contributed by atoms with Crippen LogP contribution in [0.4, 0.5) is 0 Å². The van der Waals surface area contributed by atoms with Crippen molar-refractivity contribution >= 4 is 25.2 Å². The van der Waals surface area contributed by atoms with Gasteiger partial charge in [-0.05, 0) is 0 Å². The van der Waals surface area contributed by atoms with E-state index in [2.05, 4.69) is 0 Å². The van der Waals surface area contributed by atoms with E-state index in [9.17, 15) is 4.79 Å². The van der Waals surface area contributed by atoms with Crippen LogP contribution in [0.1, 0.15) is 24.8 Å². The van der Waals surface area contributed by atoms with Gasteiger partial charge < -0.3 is 0 Å². The fourth-order valence-electron chi connectivity index (χ4n) is 1.77. The van der Waals surface area contributed by atoms with E-state index < -0.39 is 0 Å². The monoisotopic (exact) mass is 296 g/mol. The van der Waals surface area contributed by atoms with Gasteiger partial charge in [0.05, 0.1) is 0 Å². The van der Waals surface area contributed by atoms with E-state index in [1.54, 1.807) is 7.11 Å². The van der Waals surface area contributed by atoms with Crippen molar-refractivity contribution in [2.24, 2.45) is 0 Å². The number of ether oxygens (including phenoxy) is 1. The molecular formula is C14H16O2Se. The second-order valence-electron chi connectivity index (χ2n) is 4.01. The molecule has 1 heterocycles. The number of allylic oxidation sites excluding steroid dienone is 1. The van der Waals surface area contributed by atoms with Gasteiger partial charge >= 0.3 is 108 Å². The molecule has 0 fully saturated rings. The summed E-state index contributed by atoms with van der Waals surface area (Å²) in [7, 11) is 1.66. The van der Waals surface area contributed by atoms with Gasteiger partial charge in [-0.3, -0.25) is 0 Å². The average Bonchev–Trinajstić information content (AvgIpc) is 2.34. The summed E-state index contributed by atoms with van der Waals surface area (Å²) in [6, 6.07) is 7.99. The molecular weight excluding hydrogens is 279 g/mol. The first kappa shape index (κ1) is 12.4. The van der Waals surface area contributed by atoms with Crippen LogP contribution in [-0.4, -0.2) is 27.8 Å². The summed E-state index contributed by atoms with van der Waals surface area (Å²) in [6.07, 6.45) is 4.78. The quantitative estimate of drug-likeness (QED) is 0.784. The second-order valence-corrected chi connectivity index (χ2v) is 6.39. The van der Waals surface area contributed by atoms with Crippen molar-refractivity contribution < 1.29 is 9.53 Å². The molecule has 0 N–H and O–H groups in total. The van der Waals surface area contributed by atoms with Crippen molar-refractivity contribution in [3.05, 3.63) is 35.9 Å². The van der Waals surface area contributed by atoms with E-state index >= 15 is 0 Å². The summed E-state index contributed by atoms with van der Waals surface area (Å²) in [4.78, 5) is 11.7. The molecule has 1 aliphatic rings. The van der Waals surface area contributed by atoms with Gasteiger partial charge in [-0.15, -0.1) is 0 Å². The van der Waals surface area contributed by atoms with Crippen LogP contribution in [0.25, 0.3) is 4.47 Å². The summed E-state index contributed by atoms with van der Waals surface area (Å²) in [5.41, 5.74) is 1.17. The van der Waals surface area contributed by atoms with Gasteiger partial charge in [0.15, 0.2) is 0 Å². The van der Waals surface area contributed by atoms with Crippen LogP contribution in [0.5, 0.6) is 5.75 Å². The number of carbonyl (C=O) groups excluding carboxylic acids is 1. The molecule has 17 heavy (non-hydrogen) atoms. The van der Waals surface area contributed by atoms with Crippen LogP contribution in [0.2, 0.25) is 5.32 Å². The van der Waals surface area contributed by atoms with Crippen molar-refractivity contribution in [3.8, 4) is 5.75 Å². The van der Waals surface area contributed by atoms with E-state index in [4.69, 9.17) is 4.74 Å². The Bertz CT molecular complexity index is 420. The molecule has 1 aromatic carbocycles. The zero-order valence-electron chi connectivity index (χ0n) is 9.94. The fraction of sp³-hybridized carbons (Fsp3) is 0.357. The van der Waals surface area contributed by atoms with Gasteiger partial charge in [0.2, 0.25) is 0 Å². The van der Waals surface area contributed by atoms with Crippen molar-refractivity contribution in [1.29, 1.82) is 0 Å². The number of hydrogen-bond acceptors (Lipinski definition) is 2. The maximum atomic E-state index is 11.7. The molecule has 0 bridgehead atoms. The Morgan fingerprint density at radius 1 is 1.18 bits per heavy atom. The molecule has 0 radical (unpaired) electrons. The van der Waals surface area contributed by atoms with Gasteiger partial charge in [-0.25, -0.2) is 0 Å². The number of methoxy groups -OCH3 is 1. The van der Waals surface area contributed by atoms with E-state index in [0.717, 1.165) is 12.2 Å². The minimum absolute atomic E-state index is 0.275. The molecule has 1 aliphatic heterocycles. The first-order valence-electron chi connectivity index (χ1n) is 5.81. The molecule has 3 heteroatoms. The van der Waals surface area contributed by atoms with E-state index in [-0.39, 0.29) is 5.78 Å². The Morgan fingerprint density at radius 2 is 1.94 bits per heavy atom. The van der Waals surface area contributed by atoms with Crippen LogP contribution in [-0.2, 0) is 4.79 Å². The predicted octanol–water partition coefficient (Wildman–Crippen LogP) is 2.91. The Labute approximate surface area is 108 Å². The first-order valence-corrected chi connectivity index (χ1v) is 7.88. The topological polar surface area (TPSA) is 26.3 Å².